The lowest BCUT2D eigenvalue weighted by atomic mass is 9.94. The zero-order chi connectivity index (χ0) is 23.2. The zero-order valence-corrected chi connectivity index (χ0v) is 17.8. The van der Waals surface area contributed by atoms with Crippen LogP contribution in [-0.2, 0) is 0 Å². The lowest BCUT2D eigenvalue weighted by Gasteiger charge is -2.30. The van der Waals surface area contributed by atoms with Gasteiger partial charge in [-0.15, -0.1) is 0 Å². The second-order valence-electron chi connectivity index (χ2n) is 7.66. The minimum atomic E-state index is -1.54. The summed E-state index contributed by atoms with van der Waals surface area (Å²) in [5.74, 6) is -4.43. The molecular weight excluding hydrogens is 421 g/mol. The van der Waals surface area contributed by atoms with Crippen LogP contribution < -0.4 is 5.73 Å². The van der Waals surface area contributed by atoms with Crippen molar-refractivity contribution < 1.29 is 18.0 Å². The smallest absolute Gasteiger partial charge is 0.274 e. The van der Waals surface area contributed by atoms with Gasteiger partial charge in [-0.05, 0) is 44.0 Å². The molecule has 2 N–H and O–H groups in total. The Morgan fingerprint density at radius 3 is 2.47 bits per heavy atom. The molecule has 2 aromatic heterocycles. The summed E-state index contributed by atoms with van der Waals surface area (Å²) in [4.78, 5) is 23.4. The summed E-state index contributed by atoms with van der Waals surface area (Å²) in [6.45, 7) is 4.03. The van der Waals surface area contributed by atoms with Crippen LogP contribution in [0.15, 0.2) is 40.7 Å². The van der Waals surface area contributed by atoms with Crippen LogP contribution in [0.4, 0.5) is 13.2 Å². The zero-order valence-electron chi connectivity index (χ0n) is 17.8. The van der Waals surface area contributed by atoms with Crippen LogP contribution in [-0.4, -0.2) is 51.3 Å². The molecule has 0 saturated carbocycles. The van der Waals surface area contributed by atoms with Crippen LogP contribution >= 0.6 is 0 Å². The number of amides is 1. The van der Waals surface area contributed by atoms with Gasteiger partial charge in [0.15, 0.2) is 28.8 Å². The van der Waals surface area contributed by atoms with E-state index in [1.807, 2.05) is 13.0 Å². The van der Waals surface area contributed by atoms with E-state index in [0.29, 0.717) is 41.3 Å². The molecule has 7 nitrogen and oxygen atoms in total. The average Bonchev–Trinajstić information content (AvgIpc) is 3.07. The first-order valence-electron chi connectivity index (χ1n) is 9.92. The number of rotatable bonds is 3. The van der Waals surface area contributed by atoms with Gasteiger partial charge in [0, 0.05) is 30.4 Å². The van der Waals surface area contributed by atoms with Crippen molar-refractivity contribution in [3.05, 3.63) is 75.6 Å². The number of carbonyl (C=O) groups excluding carboxylic acids is 1. The largest absolute Gasteiger partial charge is 0.400 e. The van der Waals surface area contributed by atoms with Gasteiger partial charge in [0.05, 0.1) is 24.1 Å². The number of aromatic nitrogens is 3. The van der Waals surface area contributed by atoms with Crippen LogP contribution in [0.5, 0.6) is 0 Å². The van der Waals surface area contributed by atoms with E-state index in [1.165, 1.54) is 11.6 Å². The molecule has 3 heterocycles. The maximum absolute atomic E-state index is 13.7. The number of benzene rings is 1. The van der Waals surface area contributed by atoms with Crippen LogP contribution in [0.2, 0.25) is 0 Å². The minimum absolute atomic E-state index is 0.0822. The number of nitrogens with zero attached hydrogens (tertiary/aromatic N) is 5. The average molecular weight is 442 g/mol. The Balaban J connectivity index is 1.65. The highest BCUT2D eigenvalue weighted by molar-refractivity contribution is 6.13. The Kier molecular flexibility index (Phi) is 5.45. The second kappa shape index (κ2) is 8.10. The number of aliphatic imine (C=N–C) groups is 1. The molecule has 4 rings (SSSR count). The lowest BCUT2D eigenvalue weighted by Crippen LogP contribution is -2.41. The van der Waals surface area contributed by atoms with E-state index in [4.69, 9.17) is 5.73 Å². The third kappa shape index (κ3) is 3.61. The minimum Gasteiger partial charge on any atom is -0.400 e. The Hall–Kier alpha value is -3.69. The second-order valence-corrected chi connectivity index (χ2v) is 7.66. The maximum atomic E-state index is 13.7. The Morgan fingerprint density at radius 2 is 1.84 bits per heavy atom. The Labute approximate surface area is 182 Å². The summed E-state index contributed by atoms with van der Waals surface area (Å²) >= 11 is 0. The molecule has 0 unspecified atom stereocenters. The lowest BCUT2D eigenvalue weighted by molar-refractivity contribution is 0.0755. The summed E-state index contributed by atoms with van der Waals surface area (Å²) in [7, 11) is 1.46. The molecule has 32 heavy (non-hydrogen) atoms. The van der Waals surface area contributed by atoms with Crippen molar-refractivity contribution in [3.8, 4) is 0 Å². The highest BCUT2D eigenvalue weighted by Crippen LogP contribution is 2.24. The maximum Gasteiger partial charge on any atom is 0.274 e. The molecule has 1 aliphatic heterocycles. The number of carbonyl (C=O) groups is 1. The summed E-state index contributed by atoms with van der Waals surface area (Å²) in [5, 5.41) is 4.30. The van der Waals surface area contributed by atoms with Gasteiger partial charge in [0.2, 0.25) is 0 Å². The number of imidazole rings is 1. The highest BCUT2D eigenvalue weighted by Gasteiger charge is 2.29. The predicted octanol–water partition coefficient (Wildman–Crippen LogP) is 2.94. The van der Waals surface area contributed by atoms with Gasteiger partial charge in [-0.1, -0.05) is 0 Å². The molecule has 1 aliphatic rings. The molecule has 1 amide bonds. The van der Waals surface area contributed by atoms with Crippen LogP contribution in [0.25, 0.3) is 5.65 Å². The summed E-state index contributed by atoms with van der Waals surface area (Å²) in [6.07, 6.45) is 1.96. The summed E-state index contributed by atoms with van der Waals surface area (Å²) < 4.78 is 42.3. The number of hydrogen-bond donors (Lipinski definition) is 1. The number of hydrogen-bond acceptors (Lipinski definition) is 5. The number of aryl methyl sites for hydroxylation is 2. The van der Waals surface area contributed by atoms with E-state index >= 15 is 0 Å². The Bertz CT molecular complexity index is 1290. The van der Waals surface area contributed by atoms with Crippen molar-refractivity contribution in [1.82, 2.24) is 19.5 Å². The van der Waals surface area contributed by atoms with Crippen LogP contribution in [0.3, 0.4) is 0 Å². The molecule has 0 atom stereocenters. The standard InChI is InChI=1S/C22H21F3N6O/c1-11-6-18-29-12(2)21(31(18)28-9-11)22(32)30-5-4-14(17(26)10-30)20(27-3)13-7-15(23)19(25)16(24)8-13/h6-9H,4-5,10,26H2,1-3H3. The quantitative estimate of drug-likeness (QED) is 0.499. The first kappa shape index (κ1) is 21.5. The van der Waals surface area contributed by atoms with Crippen molar-refractivity contribution >= 4 is 17.3 Å². The van der Waals surface area contributed by atoms with Gasteiger partial charge in [-0.3, -0.25) is 9.79 Å². The van der Waals surface area contributed by atoms with Gasteiger partial charge in [0.1, 0.15) is 0 Å². The van der Waals surface area contributed by atoms with E-state index in [0.717, 1.165) is 17.7 Å². The van der Waals surface area contributed by atoms with E-state index in [9.17, 15) is 18.0 Å². The fourth-order valence-electron chi connectivity index (χ4n) is 3.90. The van der Waals surface area contributed by atoms with Gasteiger partial charge < -0.3 is 10.6 Å². The third-order valence-corrected chi connectivity index (χ3v) is 5.42. The van der Waals surface area contributed by atoms with Gasteiger partial charge >= 0.3 is 0 Å². The van der Waals surface area contributed by atoms with Crippen molar-refractivity contribution in [2.75, 3.05) is 20.1 Å². The molecule has 166 valence electrons. The van der Waals surface area contributed by atoms with E-state index < -0.39 is 17.5 Å². The predicted molar refractivity (Wildman–Crippen MR) is 113 cm³/mol. The van der Waals surface area contributed by atoms with Gasteiger partial charge in [-0.2, -0.15) is 5.10 Å². The summed E-state index contributed by atoms with van der Waals surface area (Å²) in [5.41, 5.74) is 9.90. The van der Waals surface area contributed by atoms with E-state index in [-0.39, 0.29) is 23.7 Å². The third-order valence-electron chi connectivity index (χ3n) is 5.42. The molecule has 3 aromatic rings. The normalized spacial score (nSPS) is 15.1. The molecule has 0 spiro atoms. The number of nitrogens with two attached hydrogens (primary N) is 1. The molecule has 0 aliphatic carbocycles. The monoisotopic (exact) mass is 442 g/mol. The fraction of sp³-hybridized carbons (Fsp3) is 0.273. The molecule has 0 bridgehead atoms. The van der Waals surface area contributed by atoms with Crippen LogP contribution in [0, 0.1) is 31.3 Å². The molecule has 0 saturated heterocycles. The molecule has 10 heteroatoms. The topological polar surface area (TPSA) is 88.9 Å². The molecule has 0 fully saturated rings. The highest BCUT2D eigenvalue weighted by atomic mass is 19.2. The van der Waals surface area contributed by atoms with Gasteiger partial charge in [-0.25, -0.2) is 22.7 Å². The molecule has 1 aromatic carbocycles. The Morgan fingerprint density at radius 1 is 1.16 bits per heavy atom. The number of halogens is 3. The first-order valence-corrected chi connectivity index (χ1v) is 9.92. The van der Waals surface area contributed by atoms with Crippen molar-refractivity contribution in [1.29, 1.82) is 0 Å². The number of fused-ring (bicyclic) bond motifs is 1. The fourth-order valence-corrected chi connectivity index (χ4v) is 3.90. The van der Waals surface area contributed by atoms with Crippen molar-refractivity contribution in [2.24, 2.45) is 10.7 Å². The van der Waals surface area contributed by atoms with Gasteiger partial charge in [0.25, 0.3) is 5.91 Å². The van der Waals surface area contributed by atoms with Crippen molar-refractivity contribution in [2.45, 2.75) is 20.3 Å². The van der Waals surface area contributed by atoms with Crippen LogP contribution in [0.1, 0.15) is 33.7 Å². The summed E-state index contributed by atoms with van der Waals surface area (Å²) in [6, 6.07) is 3.60. The SMILES string of the molecule is CN=C(C1=C(N)CN(C(=O)c2c(C)nc3cc(C)cnn23)CC1)c1cc(F)c(F)c(F)c1. The first-order chi connectivity index (χ1) is 15.2. The molecular formula is C22H21F3N6O. The van der Waals surface area contributed by atoms with E-state index in [2.05, 4.69) is 15.1 Å². The molecule has 0 radical (unpaired) electrons. The van der Waals surface area contributed by atoms with E-state index in [1.54, 1.807) is 18.0 Å². The van der Waals surface area contributed by atoms with Crippen molar-refractivity contribution in [3.63, 3.8) is 0 Å².